The van der Waals surface area contributed by atoms with Gasteiger partial charge in [-0.3, -0.25) is 9.69 Å². The van der Waals surface area contributed by atoms with Crippen molar-refractivity contribution < 1.29 is 22.8 Å². The van der Waals surface area contributed by atoms with Crippen LogP contribution < -0.4 is 0 Å². The smallest absolute Gasteiger partial charge is 0.345 e. The molecular formula is C29H32ClF3N4O2. The van der Waals surface area contributed by atoms with Crippen LogP contribution in [0.5, 0.6) is 0 Å². The van der Waals surface area contributed by atoms with E-state index in [0.717, 1.165) is 49.4 Å². The average molecular weight is 561 g/mol. The molecule has 2 fully saturated rings. The number of likely N-dealkylation sites (N-methyl/N-ethyl adjacent to an activating group) is 1. The molecule has 39 heavy (non-hydrogen) atoms. The lowest BCUT2D eigenvalue weighted by Gasteiger charge is -2.35. The molecule has 1 amide bonds. The maximum Gasteiger partial charge on any atom is 0.416 e. The van der Waals surface area contributed by atoms with E-state index >= 15 is 0 Å². The number of carbonyl (C=O) groups excluding carboxylic acids is 2. The van der Waals surface area contributed by atoms with Crippen LogP contribution in [-0.4, -0.2) is 83.8 Å². The lowest BCUT2D eigenvalue weighted by Crippen LogP contribution is -2.50. The third kappa shape index (κ3) is 5.85. The van der Waals surface area contributed by atoms with Gasteiger partial charge in [0.15, 0.2) is 0 Å². The third-order valence-electron chi connectivity index (χ3n) is 8.11. The Labute approximate surface area is 230 Å². The van der Waals surface area contributed by atoms with Crippen molar-refractivity contribution in [2.24, 2.45) is 0 Å². The molecule has 2 aromatic carbocycles. The van der Waals surface area contributed by atoms with Gasteiger partial charge in [0.2, 0.25) is 0 Å². The van der Waals surface area contributed by atoms with Crippen LogP contribution in [0.1, 0.15) is 40.2 Å². The average Bonchev–Trinajstić information content (AvgIpc) is 3.28. The number of carbonyl (C=O) groups is 2. The number of rotatable bonds is 6. The molecule has 3 aromatic rings. The van der Waals surface area contributed by atoms with Crippen LogP contribution in [0, 0.1) is 0 Å². The van der Waals surface area contributed by atoms with Crippen LogP contribution in [0.2, 0.25) is 5.02 Å². The Morgan fingerprint density at radius 1 is 1.05 bits per heavy atom. The van der Waals surface area contributed by atoms with E-state index in [-0.39, 0.29) is 17.9 Å². The SMILES string of the molecule is CN1CCN(C(C=O)Cn2cc(C(=O)N3CCC(c4ccccc4C(F)(F)F)CC3)c3ccc(Cl)cc32)CC1. The number of aldehydes is 1. The Morgan fingerprint density at radius 2 is 1.74 bits per heavy atom. The van der Waals surface area contributed by atoms with Gasteiger partial charge in [-0.25, -0.2) is 0 Å². The van der Waals surface area contributed by atoms with Crippen molar-refractivity contribution in [2.45, 2.75) is 37.5 Å². The molecule has 5 rings (SSSR count). The van der Waals surface area contributed by atoms with Gasteiger partial charge in [-0.05, 0) is 49.6 Å². The van der Waals surface area contributed by atoms with Gasteiger partial charge < -0.3 is 19.2 Å². The molecule has 3 heterocycles. The lowest BCUT2D eigenvalue weighted by molar-refractivity contribution is -0.138. The number of benzene rings is 2. The van der Waals surface area contributed by atoms with Gasteiger partial charge in [0, 0.05) is 62.4 Å². The number of piperazine rings is 1. The topological polar surface area (TPSA) is 48.8 Å². The monoisotopic (exact) mass is 560 g/mol. The van der Waals surface area contributed by atoms with E-state index in [9.17, 15) is 22.8 Å². The number of nitrogens with zero attached hydrogens (tertiary/aromatic N) is 4. The predicted octanol–water partition coefficient (Wildman–Crippen LogP) is 5.15. The maximum atomic E-state index is 13.7. The van der Waals surface area contributed by atoms with E-state index in [1.165, 1.54) is 6.07 Å². The standard InChI is InChI=1S/C29H32ClF3N4O2/c1-34-12-14-35(15-13-34)22(19-38)17-37-18-25(24-7-6-21(30)16-27(24)37)28(39)36-10-8-20(9-11-36)23-4-2-3-5-26(23)29(31,32)33/h2-7,16,18-20,22H,8-15,17H2,1H3. The Kier molecular flexibility index (Phi) is 8.03. The summed E-state index contributed by atoms with van der Waals surface area (Å²) >= 11 is 6.31. The zero-order chi connectivity index (χ0) is 27.7. The van der Waals surface area contributed by atoms with Crippen molar-refractivity contribution in [3.63, 3.8) is 0 Å². The summed E-state index contributed by atoms with van der Waals surface area (Å²) in [5, 5.41) is 1.28. The second-order valence-corrected chi connectivity index (χ2v) is 11.0. The summed E-state index contributed by atoms with van der Waals surface area (Å²) in [6, 6.07) is 10.7. The Bertz CT molecular complexity index is 1340. The number of hydrogen-bond acceptors (Lipinski definition) is 4. The molecule has 1 unspecified atom stereocenters. The van der Waals surface area contributed by atoms with E-state index in [0.29, 0.717) is 48.6 Å². The summed E-state index contributed by atoms with van der Waals surface area (Å²) < 4.78 is 42.6. The van der Waals surface area contributed by atoms with E-state index in [1.807, 2.05) is 10.6 Å². The zero-order valence-electron chi connectivity index (χ0n) is 21.8. The van der Waals surface area contributed by atoms with Gasteiger partial charge in [0.25, 0.3) is 5.91 Å². The van der Waals surface area contributed by atoms with E-state index < -0.39 is 11.7 Å². The molecule has 0 spiro atoms. The number of aromatic nitrogens is 1. The second kappa shape index (κ2) is 11.3. The van der Waals surface area contributed by atoms with Crippen molar-refractivity contribution >= 4 is 34.7 Å². The quantitative estimate of drug-likeness (QED) is 0.391. The largest absolute Gasteiger partial charge is 0.416 e. The van der Waals surface area contributed by atoms with Crippen molar-refractivity contribution in [3.8, 4) is 0 Å². The maximum absolute atomic E-state index is 13.7. The third-order valence-corrected chi connectivity index (χ3v) is 8.35. The minimum atomic E-state index is -4.41. The fraction of sp³-hybridized carbons (Fsp3) is 0.448. The van der Waals surface area contributed by atoms with Gasteiger partial charge in [-0.2, -0.15) is 13.2 Å². The first-order valence-corrected chi connectivity index (χ1v) is 13.6. The van der Waals surface area contributed by atoms with Crippen molar-refractivity contribution in [1.29, 1.82) is 0 Å². The molecule has 10 heteroatoms. The molecule has 0 radical (unpaired) electrons. The summed E-state index contributed by atoms with van der Waals surface area (Å²) in [6.07, 6.45) is -0.732. The highest BCUT2D eigenvalue weighted by Crippen LogP contribution is 2.39. The molecule has 2 saturated heterocycles. The van der Waals surface area contributed by atoms with Gasteiger partial charge in [-0.15, -0.1) is 0 Å². The molecule has 1 aromatic heterocycles. The summed E-state index contributed by atoms with van der Waals surface area (Å²) in [6.45, 7) is 4.48. The molecule has 2 aliphatic heterocycles. The number of likely N-dealkylation sites (tertiary alicyclic amines) is 1. The Hall–Kier alpha value is -2.88. The molecule has 0 saturated carbocycles. The van der Waals surface area contributed by atoms with Crippen molar-refractivity contribution in [2.75, 3.05) is 46.3 Å². The van der Waals surface area contributed by atoms with E-state index in [2.05, 4.69) is 16.8 Å². The van der Waals surface area contributed by atoms with Crippen molar-refractivity contribution in [3.05, 3.63) is 70.4 Å². The van der Waals surface area contributed by atoms with Gasteiger partial charge in [0.1, 0.15) is 6.29 Å². The Balaban J connectivity index is 1.35. The molecule has 6 nitrogen and oxygen atoms in total. The molecular weight excluding hydrogens is 529 g/mol. The molecule has 208 valence electrons. The van der Waals surface area contributed by atoms with E-state index in [1.54, 1.807) is 35.4 Å². The van der Waals surface area contributed by atoms with Gasteiger partial charge in [-0.1, -0.05) is 35.9 Å². The molecule has 0 aliphatic carbocycles. The fourth-order valence-corrected chi connectivity index (χ4v) is 6.03. The molecule has 1 atom stereocenters. The highest BCUT2D eigenvalue weighted by Gasteiger charge is 2.36. The van der Waals surface area contributed by atoms with Crippen LogP contribution in [0.4, 0.5) is 13.2 Å². The summed E-state index contributed by atoms with van der Waals surface area (Å²) in [5.41, 5.74) is 0.992. The minimum absolute atomic E-state index is 0.161. The van der Waals surface area contributed by atoms with Crippen LogP contribution in [0.3, 0.4) is 0 Å². The number of alkyl halides is 3. The zero-order valence-corrected chi connectivity index (χ0v) is 22.6. The second-order valence-electron chi connectivity index (χ2n) is 10.6. The lowest BCUT2D eigenvalue weighted by atomic mass is 9.86. The molecule has 0 bridgehead atoms. The number of amides is 1. The van der Waals surface area contributed by atoms with Crippen LogP contribution in [0.15, 0.2) is 48.7 Å². The van der Waals surface area contributed by atoms with Gasteiger partial charge in [0.05, 0.1) is 22.7 Å². The number of fused-ring (bicyclic) bond motifs is 1. The summed E-state index contributed by atoms with van der Waals surface area (Å²) in [5.74, 6) is -0.421. The number of hydrogen-bond donors (Lipinski definition) is 0. The first-order chi connectivity index (χ1) is 18.7. The first-order valence-electron chi connectivity index (χ1n) is 13.3. The minimum Gasteiger partial charge on any atom is -0.345 e. The number of halogens is 4. The summed E-state index contributed by atoms with van der Waals surface area (Å²) in [7, 11) is 2.06. The van der Waals surface area contributed by atoms with Crippen LogP contribution in [-0.2, 0) is 17.5 Å². The van der Waals surface area contributed by atoms with Crippen molar-refractivity contribution in [1.82, 2.24) is 19.3 Å². The van der Waals surface area contributed by atoms with E-state index in [4.69, 9.17) is 11.6 Å². The van der Waals surface area contributed by atoms with Crippen LogP contribution >= 0.6 is 11.6 Å². The van der Waals surface area contributed by atoms with Crippen LogP contribution in [0.25, 0.3) is 10.9 Å². The first kappa shape index (κ1) is 27.7. The van der Waals surface area contributed by atoms with Gasteiger partial charge >= 0.3 is 6.18 Å². The predicted molar refractivity (Wildman–Crippen MR) is 145 cm³/mol. The highest BCUT2D eigenvalue weighted by molar-refractivity contribution is 6.31. The molecule has 2 aliphatic rings. The molecule has 0 N–H and O–H groups in total. The highest BCUT2D eigenvalue weighted by atomic mass is 35.5. The number of piperidine rings is 1. The summed E-state index contributed by atoms with van der Waals surface area (Å²) in [4.78, 5) is 31.9. The normalized spacial score (nSPS) is 18.9. The Morgan fingerprint density at radius 3 is 2.41 bits per heavy atom. The fourth-order valence-electron chi connectivity index (χ4n) is 5.86.